The summed E-state index contributed by atoms with van der Waals surface area (Å²) < 4.78 is 25.1. The van der Waals surface area contributed by atoms with E-state index in [9.17, 15) is 18.8 Å². The maximum absolute atomic E-state index is 13.7. The molecular formula is C20H16FN3O5. The fourth-order valence-corrected chi connectivity index (χ4v) is 2.91. The topological polar surface area (TPSA) is 102 Å². The van der Waals surface area contributed by atoms with E-state index in [1.54, 1.807) is 25.1 Å². The Labute approximate surface area is 163 Å². The number of hydrogen-bond acceptors (Lipinski definition) is 5. The average Bonchev–Trinajstić information content (AvgIpc) is 3.16. The van der Waals surface area contributed by atoms with Gasteiger partial charge in [0.2, 0.25) is 6.79 Å². The Hall–Kier alpha value is -3.88. The van der Waals surface area contributed by atoms with E-state index in [1.165, 1.54) is 12.1 Å². The summed E-state index contributed by atoms with van der Waals surface area (Å²) in [4.78, 5) is 39.8. The molecule has 29 heavy (non-hydrogen) atoms. The van der Waals surface area contributed by atoms with E-state index in [4.69, 9.17) is 9.47 Å². The SMILES string of the molecule is Cc1ccc(NC(=O)c2c[nH]c(=O)n(Cc3ccc4c(c3)OCO4)c2=O)cc1F. The molecule has 4 rings (SSSR count). The Morgan fingerprint density at radius 1 is 1.17 bits per heavy atom. The summed E-state index contributed by atoms with van der Waals surface area (Å²) in [5.74, 6) is -0.144. The van der Waals surface area contributed by atoms with E-state index in [1.807, 2.05) is 0 Å². The number of carbonyl (C=O) groups is 1. The summed E-state index contributed by atoms with van der Waals surface area (Å²) in [5.41, 5.74) is -0.447. The molecule has 2 heterocycles. The first-order chi connectivity index (χ1) is 13.9. The summed E-state index contributed by atoms with van der Waals surface area (Å²) >= 11 is 0. The lowest BCUT2D eigenvalue weighted by Crippen LogP contribution is -2.39. The highest BCUT2D eigenvalue weighted by molar-refractivity contribution is 6.03. The fraction of sp³-hybridized carbons (Fsp3) is 0.150. The van der Waals surface area contributed by atoms with Gasteiger partial charge in [-0.1, -0.05) is 12.1 Å². The van der Waals surface area contributed by atoms with Crippen LogP contribution in [0.2, 0.25) is 0 Å². The summed E-state index contributed by atoms with van der Waals surface area (Å²) in [6, 6.07) is 9.23. The molecule has 0 radical (unpaired) electrons. The molecule has 0 atom stereocenters. The van der Waals surface area contributed by atoms with Crippen molar-refractivity contribution < 1.29 is 18.7 Å². The van der Waals surface area contributed by atoms with Gasteiger partial charge in [0.1, 0.15) is 11.4 Å². The number of nitrogens with one attached hydrogen (secondary N) is 2. The van der Waals surface area contributed by atoms with E-state index in [2.05, 4.69) is 10.3 Å². The highest BCUT2D eigenvalue weighted by Gasteiger charge is 2.17. The number of carbonyl (C=O) groups excluding carboxylic acids is 1. The van der Waals surface area contributed by atoms with Crippen molar-refractivity contribution in [3.63, 3.8) is 0 Å². The minimum atomic E-state index is -0.767. The number of aromatic nitrogens is 2. The van der Waals surface area contributed by atoms with E-state index < -0.39 is 23.0 Å². The van der Waals surface area contributed by atoms with Crippen molar-refractivity contribution in [3.05, 3.63) is 85.9 Å². The molecule has 2 aromatic carbocycles. The quantitative estimate of drug-likeness (QED) is 0.701. The molecule has 2 N–H and O–H groups in total. The van der Waals surface area contributed by atoms with Gasteiger partial charge in [-0.05, 0) is 42.3 Å². The van der Waals surface area contributed by atoms with Gasteiger partial charge in [-0.15, -0.1) is 0 Å². The number of rotatable bonds is 4. The lowest BCUT2D eigenvalue weighted by Gasteiger charge is -2.09. The van der Waals surface area contributed by atoms with Crippen molar-refractivity contribution in [2.75, 3.05) is 12.1 Å². The summed E-state index contributed by atoms with van der Waals surface area (Å²) in [5, 5.41) is 2.46. The van der Waals surface area contributed by atoms with E-state index >= 15 is 0 Å². The van der Waals surface area contributed by atoms with Crippen molar-refractivity contribution in [2.24, 2.45) is 0 Å². The standard InChI is InChI=1S/C20H16FN3O5/c1-11-2-4-13(7-15(11)21)23-18(25)14-8-22-20(27)24(19(14)26)9-12-3-5-16-17(6-12)29-10-28-16/h2-8H,9-10H2,1H3,(H,22,27)(H,23,25). The predicted molar refractivity (Wildman–Crippen MR) is 102 cm³/mol. The van der Waals surface area contributed by atoms with Gasteiger partial charge < -0.3 is 19.8 Å². The van der Waals surface area contributed by atoms with Gasteiger partial charge in [0.05, 0.1) is 6.54 Å². The number of aromatic amines is 1. The molecule has 3 aromatic rings. The van der Waals surface area contributed by atoms with Gasteiger partial charge in [0.15, 0.2) is 11.5 Å². The third-order valence-electron chi connectivity index (χ3n) is 4.51. The maximum Gasteiger partial charge on any atom is 0.328 e. The minimum Gasteiger partial charge on any atom is -0.454 e. The van der Waals surface area contributed by atoms with Crippen molar-refractivity contribution in [1.29, 1.82) is 0 Å². The molecule has 0 aliphatic carbocycles. The number of ether oxygens (including phenoxy) is 2. The Balaban J connectivity index is 1.62. The molecule has 8 nitrogen and oxygen atoms in total. The number of aryl methyl sites for hydroxylation is 1. The van der Waals surface area contributed by atoms with Crippen molar-refractivity contribution in [1.82, 2.24) is 9.55 Å². The first kappa shape index (κ1) is 18.5. The van der Waals surface area contributed by atoms with Crippen LogP contribution in [0, 0.1) is 12.7 Å². The average molecular weight is 397 g/mol. The molecule has 0 bridgehead atoms. The number of anilines is 1. The number of H-pyrrole nitrogens is 1. The number of fused-ring (bicyclic) bond motifs is 1. The molecular weight excluding hydrogens is 381 g/mol. The third-order valence-corrected chi connectivity index (χ3v) is 4.51. The Morgan fingerprint density at radius 3 is 2.76 bits per heavy atom. The molecule has 148 valence electrons. The molecule has 0 unspecified atom stereocenters. The first-order valence-corrected chi connectivity index (χ1v) is 8.71. The van der Waals surface area contributed by atoms with Gasteiger partial charge in [-0.2, -0.15) is 0 Å². The second-order valence-corrected chi connectivity index (χ2v) is 6.50. The van der Waals surface area contributed by atoms with Crippen LogP contribution in [-0.4, -0.2) is 22.3 Å². The maximum atomic E-state index is 13.7. The third kappa shape index (κ3) is 3.62. The van der Waals surface area contributed by atoms with Crippen LogP contribution >= 0.6 is 0 Å². The highest BCUT2D eigenvalue weighted by atomic mass is 19.1. The normalized spacial score (nSPS) is 12.1. The number of benzene rings is 2. The van der Waals surface area contributed by atoms with Crippen LogP contribution in [0.15, 0.2) is 52.2 Å². The molecule has 9 heteroatoms. The summed E-state index contributed by atoms with van der Waals surface area (Å²) in [6.45, 7) is 1.64. The Kier molecular flexibility index (Phi) is 4.63. The van der Waals surface area contributed by atoms with Crippen molar-refractivity contribution >= 4 is 11.6 Å². The van der Waals surface area contributed by atoms with Crippen LogP contribution in [0.25, 0.3) is 0 Å². The minimum absolute atomic E-state index is 0.0644. The van der Waals surface area contributed by atoms with E-state index in [-0.39, 0.29) is 24.6 Å². The zero-order valence-corrected chi connectivity index (χ0v) is 15.3. The zero-order valence-electron chi connectivity index (χ0n) is 15.3. The molecule has 0 saturated carbocycles. The predicted octanol–water partition coefficient (Wildman–Crippen LogP) is 2.01. The van der Waals surface area contributed by atoms with Gasteiger partial charge in [-0.3, -0.25) is 14.2 Å². The lowest BCUT2D eigenvalue weighted by molar-refractivity contribution is 0.102. The van der Waals surface area contributed by atoms with E-state index in [0.717, 1.165) is 16.8 Å². The largest absolute Gasteiger partial charge is 0.454 e. The van der Waals surface area contributed by atoms with Gasteiger partial charge in [-0.25, -0.2) is 9.18 Å². The Morgan fingerprint density at radius 2 is 1.97 bits per heavy atom. The van der Waals surface area contributed by atoms with Crippen LogP contribution in [0.4, 0.5) is 10.1 Å². The molecule has 1 aliphatic heterocycles. The Bertz CT molecular complexity index is 1230. The zero-order chi connectivity index (χ0) is 20.5. The van der Waals surface area contributed by atoms with Crippen molar-refractivity contribution in [2.45, 2.75) is 13.5 Å². The van der Waals surface area contributed by atoms with Crippen LogP contribution < -0.4 is 26.0 Å². The van der Waals surface area contributed by atoms with Crippen molar-refractivity contribution in [3.8, 4) is 11.5 Å². The molecule has 1 aromatic heterocycles. The van der Waals surface area contributed by atoms with E-state index in [0.29, 0.717) is 22.6 Å². The monoisotopic (exact) mass is 397 g/mol. The highest BCUT2D eigenvalue weighted by Crippen LogP contribution is 2.32. The van der Waals surface area contributed by atoms with Crippen LogP contribution in [0.5, 0.6) is 11.5 Å². The molecule has 0 spiro atoms. The number of amides is 1. The van der Waals surface area contributed by atoms with Gasteiger partial charge >= 0.3 is 5.69 Å². The van der Waals surface area contributed by atoms with Crippen LogP contribution in [0.1, 0.15) is 21.5 Å². The van der Waals surface area contributed by atoms with Gasteiger partial charge in [0, 0.05) is 11.9 Å². The summed E-state index contributed by atoms with van der Waals surface area (Å²) in [7, 11) is 0. The second-order valence-electron chi connectivity index (χ2n) is 6.50. The molecule has 1 aliphatic rings. The molecule has 0 fully saturated rings. The molecule has 0 saturated heterocycles. The number of nitrogens with zero attached hydrogens (tertiary/aromatic N) is 1. The van der Waals surface area contributed by atoms with Gasteiger partial charge in [0.25, 0.3) is 11.5 Å². The fourth-order valence-electron chi connectivity index (χ4n) is 2.91. The lowest BCUT2D eigenvalue weighted by atomic mass is 10.2. The second kappa shape index (κ2) is 7.27. The first-order valence-electron chi connectivity index (χ1n) is 8.71. The van der Waals surface area contributed by atoms with Crippen LogP contribution in [-0.2, 0) is 6.54 Å². The number of hydrogen-bond donors (Lipinski definition) is 2. The number of halogens is 1. The summed E-state index contributed by atoms with van der Waals surface area (Å²) in [6.07, 6.45) is 1.04. The smallest absolute Gasteiger partial charge is 0.328 e. The molecule has 1 amide bonds. The van der Waals surface area contributed by atoms with Crippen LogP contribution in [0.3, 0.4) is 0 Å².